The Bertz CT molecular complexity index is 485. The van der Waals surface area contributed by atoms with Crippen molar-refractivity contribution >= 4 is 23.2 Å². The number of hydrogen-bond acceptors (Lipinski definition) is 4. The van der Waals surface area contributed by atoms with Gasteiger partial charge in [0.2, 0.25) is 11.8 Å². The second-order valence-electron chi connectivity index (χ2n) is 4.29. The molecule has 0 atom stereocenters. The van der Waals surface area contributed by atoms with Gasteiger partial charge in [-0.2, -0.15) is 0 Å². The van der Waals surface area contributed by atoms with Crippen LogP contribution in [0.25, 0.3) is 0 Å². The van der Waals surface area contributed by atoms with E-state index >= 15 is 0 Å². The minimum Gasteiger partial charge on any atom is -0.388 e. The zero-order chi connectivity index (χ0) is 13.1. The van der Waals surface area contributed by atoms with Gasteiger partial charge < -0.3 is 11.1 Å². The molecule has 1 aliphatic heterocycles. The van der Waals surface area contributed by atoms with Crippen molar-refractivity contribution in [3.05, 3.63) is 23.8 Å². The van der Waals surface area contributed by atoms with Gasteiger partial charge in [-0.25, -0.2) is 4.90 Å². The summed E-state index contributed by atoms with van der Waals surface area (Å²) in [6.07, 6.45) is 1.21. The first-order valence-electron chi connectivity index (χ1n) is 6.04. The van der Waals surface area contributed by atoms with Gasteiger partial charge in [-0.15, -0.1) is 0 Å². The summed E-state index contributed by atoms with van der Waals surface area (Å²) < 4.78 is 0. The second kappa shape index (κ2) is 5.18. The quantitative estimate of drug-likeness (QED) is 0.828. The van der Waals surface area contributed by atoms with Crippen LogP contribution in [-0.2, 0) is 16.0 Å². The van der Waals surface area contributed by atoms with Crippen molar-refractivity contribution in [3.8, 4) is 0 Å². The predicted octanol–water partition coefficient (Wildman–Crippen LogP) is 0.883. The van der Waals surface area contributed by atoms with Crippen LogP contribution >= 0.6 is 0 Å². The number of nitrogens with two attached hydrogens (primary N) is 1. The summed E-state index contributed by atoms with van der Waals surface area (Å²) in [5.74, 6) is -0.318. The number of rotatable bonds is 4. The lowest BCUT2D eigenvalue weighted by Crippen LogP contribution is -2.33. The van der Waals surface area contributed by atoms with Gasteiger partial charge in [0.1, 0.15) is 0 Å². The molecule has 0 bridgehead atoms. The number of anilines is 2. The van der Waals surface area contributed by atoms with Crippen molar-refractivity contribution in [2.45, 2.75) is 19.3 Å². The summed E-state index contributed by atoms with van der Waals surface area (Å²) >= 11 is 0. The first kappa shape index (κ1) is 12.6. The molecule has 1 heterocycles. The average molecular weight is 247 g/mol. The van der Waals surface area contributed by atoms with Gasteiger partial charge in [-0.1, -0.05) is 0 Å². The Labute approximate surface area is 106 Å². The van der Waals surface area contributed by atoms with Crippen molar-refractivity contribution in [1.82, 2.24) is 0 Å². The third kappa shape index (κ3) is 2.22. The van der Waals surface area contributed by atoms with Crippen molar-refractivity contribution in [1.29, 1.82) is 0 Å². The van der Waals surface area contributed by atoms with Gasteiger partial charge in [0.05, 0.1) is 12.1 Å². The zero-order valence-electron chi connectivity index (χ0n) is 10.4. The van der Waals surface area contributed by atoms with Crippen LogP contribution in [0.4, 0.5) is 11.4 Å². The maximum Gasteiger partial charge on any atom is 0.238 e. The fourth-order valence-electron chi connectivity index (χ4n) is 2.12. The van der Waals surface area contributed by atoms with Crippen molar-refractivity contribution in [2.24, 2.45) is 5.73 Å². The van der Waals surface area contributed by atoms with Gasteiger partial charge in [-0.05, 0) is 36.7 Å². The van der Waals surface area contributed by atoms with E-state index in [1.807, 2.05) is 25.2 Å². The minimum absolute atomic E-state index is 0.153. The highest BCUT2D eigenvalue weighted by molar-refractivity contribution is 6.19. The van der Waals surface area contributed by atoms with Gasteiger partial charge in [-0.3, -0.25) is 9.59 Å². The van der Waals surface area contributed by atoms with Crippen LogP contribution in [0.15, 0.2) is 18.2 Å². The molecule has 0 aromatic heterocycles. The Hall–Kier alpha value is -1.88. The highest BCUT2D eigenvalue weighted by Gasteiger charge is 2.31. The van der Waals surface area contributed by atoms with E-state index in [9.17, 15) is 9.59 Å². The molecule has 96 valence electrons. The molecule has 5 nitrogen and oxygen atoms in total. The van der Waals surface area contributed by atoms with Crippen molar-refractivity contribution < 1.29 is 9.59 Å². The SMILES string of the molecule is CNc1ccc2c(c1)CC(=O)N2C(=O)CCCN. The number of carbonyl (C=O) groups excluding carboxylic acids is 2. The van der Waals surface area contributed by atoms with Gasteiger partial charge in [0.15, 0.2) is 0 Å². The molecule has 1 aliphatic rings. The van der Waals surface area contributed by atoms with Crippen LogP contribution in [0.5, 0.6) is 0 Å². The van der Waals surface area contributed by atoms with E-state index in [4.69, 9.17) is 5.73 Å². The van der Waals surface area contributed by atoms with Crippen LogP contribution in [0.1, 0.15) is 18.4 Å². The predicted molar refractivity (Wildman–Crippen MR) is 70.5 cm³/mol. The number of benzene rings is 1. The lowest BCUT2D eigenvalue weighted by Gasteiger charge is -2.15. The summed E-state index contributed by atoms with van der Waals surface area (Å²) in [6, 6.07) is 5.58. The van der Waals surface area contributed by atoms with Crippen LogP contribution in [0, 0.1) is 0 Å². The molecule has 1 aromatic rings. The van der Waals surface area contributed by atoms with E-state index in [1.54, 1.807) is 0 Å². The lowest BCUT2D eigenvalue weighted by molar-refractivity contribution is -0.125. The van der Waals surface area contributed by atoms with Crippen LogP contribution in [-0.4, -0.2) is 25.4 Å². The number of hydrogen-bond donors (Lipinski definition) is 2. The molecule has 1 aromatic carbocycles. The number of imide groups is 1. The van der Waals surface area contributed by atoms with Crippen molar-refractivity contribution in [2.75, 3.05) is 23.8 Å². The van der Waals surface area contributed by atoms with E-state index in [2.05, 4.69) is 5.32 Å². The summed E-state index contributed by atoms with van der Waals surface area (Å²) in [6.45, 7) is 0.458. The van der Waals surface area contributed by atoms with E-state index < -0.39 is 0 Å². The third-order valence-corrected chi connectivity index (χ3v) is 3.04. The fourth-order valence-corrected chi connectivity index (χ4v) is 2.12. The zero-order valence-corrected chi connectivity index (χ0v) is 10.4. The molecule has 18 heavy (non-hydrogen) atoms. The van der Waals surface area contributed by atoms with Crippen LogP contribution in [0.2, 0.25) is 0 Å². The highest BCUT2D eigenvalue weighted by atomic mass is 16.2. The summed E-state index contributed by atoms with van der Waals surface area (Å²) in [5, 5.41) is 3.02. The smallest absolute Gasteiger partial charge is 0.238 e. The molecule has 0 saturated carbocycles. The summed E-state index contributed by atoms with van der Waals surface area (Å²) in [7, 11) is 1.82. The number of nitrogens with one attached hydrogen (secondary N) is 1. The monoisotopic (exact) mass is 247 g/mol. The number of carbonyl (C=O) groups is 2. The Balaban J connectivity index is 2.25. The van der Waals surface area contributed by atoms with Crippen LogP contribution < -0.4 is 16.0 Å². The highest BCUT2D eigenvalue weighted by Crippen LogP contribution is 2.31. The van der Waals surface area contributed by atoms with E-state index in [0.717, 1.165) is 11.3 Å². The lowest BCUT2D eigenvalue weighted by atomic mass is 10.1. The normalized spacial score (nSPS) is 13.7. The molecule has 2 rings (SSSR count). The van der Waals surface area contributed by atoms with Crippen LogP contribution in [0.3, 0.4) is 0 Å². The molecule has 0 unspecified atom stereocenters. The number of amides is 2. The maximum atomic E-state index is 12.0. The molecule has 5 heteroatoms. The molecular formula is C13H17N3O2. The molecule has 3 N–H and O–H groups in total. The summed E-state index contributed by atoms with van der Waals surface area (Å²) in [4.78, 5) is 25.1. The van der Waals surface area contributed by atoms with E-state index in [-0.39, 0.29) is 11.8 Å². The standard InChI is InChI=1S/C13H17N3O2/c1-15-10-4-5-11-9(7-10)8-13(18)16(11)12(17)3-2-6-14/h4-5,7,15H,2-3,6,8,14H2,1H3. The summed E-state index contributed by atoms with van der Waals surface area (Å²) in [5.41, 5.74) is 7.93. The molecule has 2 amide bonds. The number of nitrogens with zero attached hydrogens (tertiary/aromatic N) is 1. The first-order chi connectivity index (χ1) is 8.67. The Morgan fingerprint density at radius 3 is 2.94 bits per heavy atom. The fraction of sp³-hybridized carbons (Fsp3) is 0.385. The molecule has 0 fully saturated rings. The molecule has 0 aliphatic carbocycles. The number of fused-ring (bicyclic) bond motifs is 1. The third-order valence-electron chi connectivity index (χ3n) is 3.04. The van der Waals surface area contributed by atoms with Gasteiger partial charge in [0, 0.05) is 19.2 Å². The molecule has 0 saturated heterocycles. The minimum atomic E-state index is -0.165. The maximum absolute atomic E-state index is 12.0. The van der Waals surface area contributed by atoms with Gasteiger partial charge >= 0.3 is 0 Å². The molecule has 0 spiro atoms. The molecular weight excluding hydrogens is 230 g/mol. The topological polar surface area (TPSA) is 75.4 Å². The van der Waals surface area contributed by atoms with Gasteiger partial charge in [0.25, 0.3) is 0 Å². The second-order valence-corrected chi connectivity index (χ2v) is 4.29. The Morgan fingerprint density at radius 2 is 2.28 bits per heavy atom. The Kier molecular flexibility index (Phi) is 3.62. The average Bonchev–Trinajstić information content (AvgIpc) is 2.70. The Morgan fingerprint density at radius 1 is 1.50 bits per heavy atom. The van der Waals surface area contributed by atoms with E-state index in [1.165, 1.54) is 4.90 Å². The largest absolute Gasteiger partial charge is 0.388 e. The molecule has 0 radical (unpaired) electrons. The first-order valence-corrected chi connectivity index (χ1v) is 6.04. The van der Waals surface area contributed by atoms with E-state index in [0.29, 0.717) is 31.5 Å². The van der Waals surface area contributed by atoms with Crippen molar-refractivity contribution in [3.63, 3.8) is 0 Å².